The van der Waals surface area contributed by atoms with Gasteiger partial charge in [-0.2, -0.15) is 0 Å². The third-order valence-corrected chi connectivity index (χ3v) is 2.59. The van der Waals surface area contributed by atoms with Crippen molar-refractivity contribution in [1.29, 1.82) is 0 Å². The van der Waals surface area contributed by atoms with Crippen LogP contribution in [0.15, 0.2) is 30.5 Å². The van der Waals surface area contributed by atoms with E-state index < -0.39 is 0 Å². The molecule has 80 valence electrons. The summed E-state index contributed by atoms with van der Waals surface area (Å²) in [5, 5.41) is 0.598. The average Bonchev–Trinajstić information content (AvgIpc) is 2.29. The van der Waals surface area contributed by atoms with Crippen LogP contribution in [-0.2, 0) is 0 Å². The number of aryl methyl sites for hydroxylation is 1. The second-order valence-corrected chi connectivity index (χ2v) is 3.74. The third kappa shape index (κ3) is 1.95. The summed E-state index contributed by atoms with van der Waals surface area (Å²) in [6.07, 6.45) is 2.25. The fraction of sp³-hybridized carbons (Fsp3) is 0.0833. The van der Waals surface area contributed by atoms with E-state index in [2.05, 4.69) is 9.97 Å². The fourth-order valence-electron chi connectivity index (χ4n) is 1.36. The van der Waals surface area contributed by atoms with Crippen molar-refractivity contribution in [3.05, 3.63) is 46.7 Å². The number of benzene rings is 1. The molecule has 16 heavy (non-hydrogen) atoms. The Kier molecular flexibility index (Phi) is 2.97. The number of hydrogen-bond donors (Lipinski definition) is 0. The Bertz CT molecular complexity index is 540. The summed E-state index contributed by atoms with van der Waals surface area (Å²) in [6.45, 7) is 1.77. The molecule has 1 aromatic heterocycles. The molecule has 1 heterocycles. The Balaban J connectivity index is 2.54. The molecule has 1 aromatic carbocycles. The van der Waals surface area contributed by atoms with Gasteiger partial charge in [-0.1, -0.05) is 23.7 Å². The average molecular weight is 233 g/mol. The third-order valence-electron chi connectivity index (χ3n) is 2.26. The van der Waals surface area contributed by atoms with E-state index in [1.165, 1.54) is 6.20 Å². The molecule has 0 radical (unpaired) electrons. The zero-order chi connectivity index (χ0) is 11.5. The Hall–Kier alpha value is -1.74. The van der Waals surface area contributed by atoms with Gasteiger partial charge in [-0.3, -0.25) is 4.79 Å². The van der Waals surface area contributed by atoms with Crippen molar-refractivity contribution in [1.82, 2.24) is 9.97 Å². The fourth-order valence-corrected chi connectivity index (χ4v) is 1.58. The van der Waals surface area contributed by atoms with Gasteiger partial charge < -0.3 is 0 Å². The number of halogens is 1. The van der Waals surface area contributed by atoms with Crippen LogP contribution in [-0.4, -0.2) is 16.3 Å². The lowest BCUT2D eigenvalue weighted by Gasteiger charge is -2.04. The van der Waals surface area contributed by atoms with Gasteiger partial charge in [0, 0.05) is 11.8 Å². The van der Waals surface area contributed by atoms with Crippen molar-refractivity contribution in [3.63, 3.8) is 0 Å². The van der Waals surface area contributed by atoms with Crippen molar-refractivity contribution < 1.29 is 4.79 Å². The molecule has 0 saturated carbocycles. The molecule has 3 nitrogen and oxygen atoms in total. The second kappa shape index (κ2) is 4.41. The van der Waals surface area contributed by atoms with Crippen molar-refractivity contribution in [2.45, 2.75) is 6.92 Å². The van der Waals surface area contributed by atoms with E-state index in [0.717, 1.165) is 11.8 Å². The van der Waals surface area contributed by atoms with Crippen LogP contribution in [0.25, 0.3) is 11.4 Å². The molecule has 4 heteroatoms. The summed E-state index contributed by atoms with van der Waals surface area (Å²) < 4.78 is 0. The molecule has 2 rings (SSSR count). The maximum Gasteiger partial charge on any atom is 0.160 e. The quantitative estimate of drug-likeness (QED) is 0.748. The minimum absolute atomic E-state index is 0.496. The number of nitrogens with zero attached hydrogens (tertiary/aromatic N) is 2. The largest absolute Gasteiger partial charge is 0.298 e. The Labute approximate surface area is 98.1 Å². The molecule has 0 aliphatic heterocycles. The van der Waals surface area contributed by atoms with Gasteiger partial charge in [0.05, 0.1) is 16.3 Å². The molecular weight excluding hydrogens is 224 g/mol. The highest BCUT2D eigenvalue weighted by Gasteiger charge is 2.07. The van der Waals surface area contributed by atoms with Crippen LogP contribution < -0.4 is 0 Å². The summed E-state index contributed by atoms with van der Waals surface area (Å²) in [7, 11) is 0. The number of carbonyl (C=O) groups excluding carboxylic acids is 1. The molecule has 0 amide bonds. The summed E-state index contributed by atoms with van der Waals surface area (Å²) in [5.41, 5.74) is 1.92. The maximum absolute atomic E-state index is 10.6. The van der Waals surface area contributed by atoms with Gasteiger partial charge in [0.2, 0.25) is 0 Å². The first-order chi connectivity index (χ1) is 7.72. The molecule has 2 aromatic rings. The molecule has 0 N–H and O–H groups in total. The van der Waals surface area contributed by atoms with Crippen molar-refractivity contribution in [2.24, 2.45) is 0 Å². The van der Waals surface area contributed by atoms with Gasteiger partial charge in [0.1, 0.15) is 0 Å². The molecule has 0 saturated heterocycles. The Morgan fingerprint density at radius 3 is 2.69 bits per heavy atom. The van der Waals surface area contributed by atoms with Crippen molar-refractivity contribution >= 4 is 17.9 Å². The SMILES string of the molecule is Cc1nc(-c2ccccc2Cl)ncc1C=O. The van der Waals surface area contributed by atoms with Crippen LogP contribution >= 0.6 is 11.6 Å². The molecular formula is C12H9ClN2O. The zero-order valence-electron chi connectivity index (χ0n) is 8.64. The van der Waals surface area contributed by atoms with E-state index >= 15 is 0 Å². The first kappa shape index (κ1) is 10.8. The maximum atomic E-state index is 10.6. The topological polar surface area (TPSA) is 42.9 Å². The molecule has 0 spiro atoms. The van der Waals surface area contributed by atoms with Crippen LogP contribution in [0.2, 0.25) is 5.02 Å². The normalized spacial score (nSPS) is 10.1. The summed E-state index contributed by atoms with van der Waals surface area (Å²) in [4.78, 5) is 19.0. The van der Waals surface area contributed by atoms with E-state index in [9.17, 15) is 4.79 Å². The standard InChI is InChI=1S/C12H9ClN2O/c1-8-9(7-16)6-14-12(15-8)10-4-2-3-5-11(10)13/h2-7H,1H3. The minimum Gasteiger partial charge on any atom is -0.298 e. The second-order valence-electron chi connectivity index (χ2n) is 3.33. The highest BCUT2D eigenvalue weighted by atomic mass is 35.5. The predicted molar refractivity (Wildman–Crippen MR) is 62.6 cm³/mol. The Morgan fingerprint density at radius 1 is 1.31 bits per heavy atom. The molecule has 0 atom stereocenters. The van der Waals surface area contributed by atoms with Crippen LogP contribution in [0.4, 0.5) is 0 Å². The minimum atomic E-state index is 0.496. The molecule has 0 aliphatic rings. The van der Waals surface area contributed by atoms with Crippen LogP contribution in [0, 0.1) is 6.92 Å². The van der Waals surface area contributed by atoms with Crippen molar-refractivity contribution in [3.8, 4) is 11.4 Å². The lowest BCUT2D eigenvalue weighted by atomic mass is 10.2. The van der Waals surface area contributed by atoms with Gasteiger partial charge in [0.25, 0.3) is 0 Å². The summed E-state index contributed by atoms with van der Waals surface area (Å²) in [6, 6.07) is 7.34. The predicted octanol–water partition coefficient (Wildman–Crippen LogP) is 2.92. The highest BCUT2D eigenvalue weighted by Crippen LogP contribution is 2.24. The van der Waals surface area contributed by atoms with Crippen LogP contribution in [0.5, 0.6) is 0 Å². The van der Waals surface area contributed by atoms with Gasteiger partial charge in [0.15, 0.2) is 12.1 Å². The van der Waals surface area contributed by atoms with E-state index in [-0.39, 0.29) is 0 Å². The first-order valence-corrected chi connectivity index (χ1v) is 5.14. The lowest BCUT2D eigenvalue weighted by molar-refractivity contribution is 0.112. The lowest BCUT2D eigenvalue weighted by Crippen LogP contribution is -1.97. The number of carbonyl (C=O) groups is 1. The Morgan fingerprint density at radius 2 is 2.06 bits per heavy atom. The first-order valence-electron chi connectivity index (χ1n) is 4.76. The molecule has 0 aliphatic carbocycles. The number of rotatable bonds is 2. The molecule has 0 fully saturated rings. The van der Waals surface area contributed by atoms with Gasteiger partial charge in [-0.05, 0) is 19.1 Å². The van der Waals surface area contributed by atoms with Gasteiger partial charge >= 0.3 is 0 Å². The van der Waals surface area contributed by atoms with E-state index in [4.69, 9.17) is 11.6 Å². The number of aldehydes is 1. The monoisotopic (exact) mass is 232 g/mol. The van der Waals surface area contributed by atoms with E-state index in [0.29, 0.717) is 22.1 Å². The van der Waals surface area contributed by atoms with Gasteiger partial charge in [-0.25, -0.2) is 9.97 Å². The number of hydrogen-bond acceptors (Lipinski definition) is 3. The highest BCUT2D eigenvalue weighted by molar-refractivity contribution is 6.33. The van der Waals surface area contributed by atoms with Crippen LogP contribution in [0.3, 0.4) is 0 Å². The van der Waals surface area contributed by atoms with Crippen LogP contribution in [0.1, 0.15) is 16.1 Å². The zero-order valence-corrected chi connectivity index (χ0v) is 9.40. The van der Waals surface area contributed by atoms with Crippen molar-refractivity contribution in [2.75, 3.05) is 0 Å². The number of aromatic nitrogens is 2. The van der Waals surface area contributed by atoms with Gasteiger partial charge in [-0.15, -0.1) is 0 Å². The molecule has 0 unspecified atom stereocenters. The summed E-state index contributed by atoms with van der Waals surface area (Å²) in [5.74, 6) is 0.536. The molecule has 0 bridgehead atoms. The summed E-state index contributed by atoms with van der Waals surface area (Å²) >= 11 is 6.04. The van der Waals surface area contributed by atoms with E-state index in [1.54, 1.807) is 13.0 Å². The van der Waals surface area contributed by atoms with E-state index in [1.807, 2.05) is 18.2 Å². The smallest absolute Gasteiger partial charge is 0.160 e.